The Morgan fingerprint density at radius 3 is 2.93 bits per heavy atom. The summed E-state index contributed by atoms with van der Waals surface area (Å²) in [5.74, 6) is -0.905. The van der Waals surface area contributed by atoms with Crippen LogP contribution >= 0.6 is 0 Å². The van der Waals surface area contributed by atoms with Crippen LogP contribution < -0.4 is 0 Å². The highest BCUT2D eigenvalue weighted by molar-refractivity contribution is 6.38. The lowest BCUT2D eigenvalue weighted by Gasteiger charge is -2.11. The highest BCUT2D eigenvalue weighted by atomic mass is 16.5. The summed E-state index contributed by atoms with van der Waals surface area (Å²) in [5.41, 5.74) is 0. The molecular formula is C8H14BNO4. The maximum absolute atomic E-state index is 11.1. The second-order valence-electron chi connectivity index (χ2n) is 2.50. The van der Waals surface area contributed by atoms with Crippen LogP contribution in [0.15, 0.2) is 12.7 Å². The summed E-state index contributed by atoms with van der Waals surface area (Å²) < 4.78 is 14.3. The third kappa shape index (κ3) is 5.37. The van der Waals surface area contributed by atoms with Crippen LogP contribution in [0.1, 0.15) is 0 Å². The van der Waals surface area contributed by atoms with Crippen molar-refractivity contribution in [3.05, 3.63) is 12.7 Å². The summed E-state index contributed by atoms with van der Waals surface area (Å²) in [6.45, 7) is 4.05. The smallest absolute Gasteiger partial charge is 0.357 e. The second-order valence-corrected chi connectivity index (χ2v) is 2.50. The fourth-order valence-corrected chi connectivity index (χ4v) is 0.809. The summed E-state index contributed by atoms with van der Waals surface area (Å²) in [6.07, 6.45) is 2.37. The summed E-state index contributed by atoms with van der Waals surface area (Å²) in [5, 5.41) is 6.65. The van der Waals surface area contributed by atoms with Gasteiger partial charge in [-0.1, -0.05) is 6.08 Å². The Hall–Kier alpha value is -1.30. The van der Waals surface area contributed by atoms with Gasteiger partial charge in [0, 0.05) is 0 Å². The molecule has 1 N–H and O–H groups in total. The van der Waals surface area contributed by atoms with E-state index in [0.29, 0.717) is 6.61 Å². The first-order chi connectivity index (χ1) is 6.76. The lowest BCUT2D eigenvalue weighted by atomic mass is 9.81. The fourth-order valence-electron chi connectivity index (χ4n) is 0.809. The predicted molar refractivity (Wildman–Crippen MR) is 53.8 cm³/mol. The van der Waals surface area contributed by atoms with Gasteiger partial charge in [-0.2, -0.15) is 0 Å². The first kappa shape index (κ1) is 12.7. The van der Waals surface area contributed by atoms with Gasteiger partial charge < -0.3 is 14.1 Å². The van der Waals surface area contributed by atoms with E-state index in [9.17, 15) is 4.79 Å². The zero-order valence-electron chi connectivity index (χ0n) is 8.19. The summed E-state index contributed by atoms with van der Waals surface area (Å²) in [4.78, 5) is 11.1. The minimum atomic E-state index is -0.499. The van der Waals surface area contributed by atoms with Gasteiger partial charge in [-0.15, -0.1) is 6.58 Å². The Morgan fingerprint density at radius 2 is 2.43 bits per heavy atom. The number of ether oxygens (including phenoxy) is 2. The quantitative estimate of drug-likeness (QED) is 0.150. The third-order valence-electron chi connectivity index (χ3n) is 1.47. The molecular weight excluding hydrogens is 185 g/mol. The minimum Gasteiger partial charge on any atom is -0.556 e. The Bertz CT molecular complexity index is 198. The van der Waals surface area contributed by atoms with Crippen LogP contribution in [0.5, 0.6) is 0 Å². The average molecular weight is 199 g/mol. The first-order valence-electron chi connectivity index (χ1n) is 4.13. The van der Waals surface area contributed by atoms with E-state index >= 15 is 0 Å². The van der Waals surface area contributed by atoms with Crippen molar-refractivity contribution in [2.45, 2.75) is 5.82 Å². The van der Waals surface area contributed by atoms with Crippen molar-refractivity contribution in [3.63, 3.8) is 0 Å². The van der Waals surface area contributed by atoms with E-state index < -0.39 is 11.8 Å². The minimum absolute atomic E-state index is 0.0906. The third-order valence-corrected chi connectivity index (χ3v) is 1.47. The molecule has 0 aliphatic carbocycles. The molecule has 14 heavy (non-hydrogen) atoms. The Balaban J connectivity index is 3.89. The molecule has 0 aliphatic rings. The van der Waals surface area contributed by atoms with Gasteiger partial charge in [0.05, 0.1) is 26.1 Å². The number of methoxy groups -OCH3 is 1. The average Bonchev–Trinajstić information content (AvgIpc) is 2.22. The molecule has 0 aromatic heterocycles. The first-order valence-corrected chi connectivity index (χ1v) is 4.13. The van der Waals surface area contributed by atoms with Crippen LogP contribution in [-0.2, 0) is 18.9 Å². The van der Waals surface area contributed by atoms with E-state index in [4.69, 9.17) is 10.1 Å². The van der Waals surface area contributed by atoms with Crippen LogP contribution in [0.4, 0.5) is 0 Å². The molecule has 0 unspecified atom stereocenters. The molecule has 0 saturated heterocycles. The van der Waals surface area contributed by atoms with Gasteiger partial charge in [-0.25, -0.2) is 0 Å². The number of esters is 1. The van der Waals surface area contributed by atoms with Crippen LogP contribution in [0.3, 0.4) is 0 Å². The molecule has 0 rings (SSSR count). The fraction of sp³-hybridized carbons (Fsp3) is 0.500. The lowest BCUT2D eigenvalue weighted by Crippen LogP contribution is -2.23. The largest absolute Gasteiger partial charge is 0.556 e. The molecule has 1 atom stereocenters. The molecule has 0 radical (unpaired) electrons. The van der Waals surface area contributed by atoms with Gasteiger partial charge in [-0.3, -0.25) is 10.2 Å². The lowest BCUT2D eigenvalue weighted by molar-refractivity contribution is -0.141. The number of carbonyl (C=O) groups is 1. The molecule has 6 heteroatoms. The second kappa shape index (κ2) is 8.31. The van der Waals surface area contributed by atoms with Crippen molar-refractivity contribution in [1.29, 1.82) is 5.41 Å². The molecule has 0 fully saturated rings. The van der Waals surface area contributed by atoms with Crippen molar-refractivity contribution < 1.29 is 18.9 Å². The van der Waals surface area contributed by atoms with E-state index in [-0.39, 0.29) is 14.1 Å². The summed E-state index contributed by atoms with van der Waals surface area (Å²) in [6, 6.07) is 0. The predicted octanol–water partition coefficient (Wildman–Crippen LogP) is 0.126. The Labute approximate surface area is 83.8 Å². The molecule has 0 heterocycles. The van der Waals surface area contributed by atoms with Gasteiger partial charge >= 0.3 is 13.5 Å². The highest BCUT2D eigenvalue weighted by Gasteiger charge is 2.22. The number of rotatable bonds is 8. The summed E-state index contributed by atoms with van der Waals surface area (Å²) in [7, 11) is 1.39. The molecule has 78 valence electrons. The number of nitrogens with one attached hydrogen (secondary N) is 1. The van der Waals surface area contributed by atoms with E-state index in [2.05, 4.69) is 16.0 Å². The highest BCUT2D eigenvalue weighted by Crippen LogP contribution is 2.06. The molecule has 0 spiro atoms. The SMILES string of the molecule is C=CCOC[C@H](BOC=N)C(=O)OC. The van der Waals surface area contributed by atoms with Gasteiger partial charge in [0.2, 0.25) is 0 Å². The van der Waals surface area contributed by atoms with E-state index in [0.717, 1.165) is 6.40 Å². The standard InChI is InChI=1S/C8H14BNO4/c1-3-4-13-5-7(8(11)12-2)9-14-6-10/h3,6-7,9-10H,1,4-5H2,2H3/t7-/m0/s1. The molecule has 0 aliphatic heterocycles. The van der Waals surface area contributed by atoms with Crippen molar-refractivity contribution in [3.8, 4) is 0 Å². The van der Waals surface area contributed by atoms with Gasteiger partial charge in [-0.05, 0) is 0 Å². The number of hydrogen-bond donors (Lipinski definition) is 1. The van der Waals surface area contributed by atoms with Crippen LogP contribution in [-0.4, -0.2) is 40.2 Å². The van der Waals surface area contributed by atoms with E-state index in [1.165, 1.54) is 7.11 Å². The maximum Gasteiger partial charge on any atom is 0.357 e. The molecule has 0 bridgehead atoms. The van der Waals surface area contributed by atoms with Crippen molar-refractivity contribution in [1.82, 2.24) is 0 Å². The van der Waals surface area contributed by atoms with Crippen LogP contribution in [0.2, 0.25) is 5.82 Å². The number of hydrogen-bond acceptors (Lipinski definition) is 5. The molecule has 0 aromatic carbocycles. The van der Waals surface area contributed by atoms with Gasteiger partial charge in [0.1, 0.15) is 6.40 Å². The number of carbonyl (C=O) groups excluding carboxylic acids is 1. The van der Waals surface area contributed by atoms with Gasteiger partial charge in [0.25, 0.3) is 0 Å². The van der Waals surface area contributed by atoms with E-state index in [1.54, 1.807) is 6.08 Å². The normalized spacial score (nSPS) is 11.2. The molecule has 0 saturated carbocycles. The zero-order chi connectivity index (χ0) is 10.8. The summed E-state index contributed by atoms with van der Waals surface area (Å²) >= 11 is 0. The zero-order valence-corrected chi connectivity index (χ0v) is 8.19. The van der Waals surface area contributed by atoms with Crippen molar-refractivity contribution >= 4 is 19.9 Å². The van der Waals surface area contributed by atoms with Crippen molar-refractivity contribution in [2.24, 2.45) is 0 Å². The van der Waals surface area contributed by atoms with Crippen LogP contribution in [0.25, 0.3) is 0 Å². The van der Waals surface area contributed by atoms with E-state index in [1.807, 2.05) is 0 Å². The Kier molecular flexibility index (Phi) is 7.54. The molecule has 5 nitrogen and oxygen atoms in total. The molecule has 0 aromatic rings. The van der Waals surface area contributed by atoms with Gasteiger partial charge in [0.15, 0.2) is 0 Å². The molecule has 0 amide bonds. The maximum atomic E-state index is 11.1. The Morgan fingerprint density at radius 1 is 1.71 bits per heavy atom. The topological polar surface area (TPSA) is 68.6 Å². The van der Waals surface area contributed by atoms with Crippen LogP contribution in [0, 0.1) is 5.41 Å². The monoisotopic (exact) mass is 199 g/mol. The van der Waals surface area contributed by atoms with Crippen molar-refractivity contribution in [2.75, 3.05) is 20.3 Å².